The molecule has 0 aromatic heterocycles. The molecule has 1 unspecified atom stereocenters. The predicted molar refractivity (Wildman–Crippen MR) is 43.6 cm³/mol. The van der Waals surface area contributed by atoms with E-state index in [1.807, 2.05) is 0 Å². The Morgan fingerprint density at radius 3 is 2.64 bits per heavy atom. The van der Waals surface area contributed by atoms with Gasteiger partial charge in [-0.25, -0.2) is 0 Å². The molecule has 0 saturated heterocycles. The maximum absolute atomic E-state index is 2.23. The van der Waals surface area contributed by atoms with Crippen LogP contribution in [0.1, 0.15) is 26.7 Å². The number of nitrogens with one attached hydrogen (secondary N) is 1. The molecule has 1 aliphatic rings. The lowest BCUT2D eigenvalue weighted by molar-refractivity contribution is -0.802. The highest BCUT2D eigenvalue weighted by Gasteiger charge is 2.09. The standard InChI is InChI=1S/C9H15N.FH/c1-3-4-7-10-8-5-6-9(10)2;/h5-6,8H,3-4,7H2,1-2H3;1H. The molecule has 1 nitrogen and oxygen atoms in total. The summed E-state index contributed by atoms with van der Waals surface area (Å²) in [5.74, 6) is 0. The van der Waals surface area contributed by atoms with Gasteiger partial charge in [-0.1, -0.05) is 13.3 Å². The summed E-state index contributed by atoms with van der Waals surface area (Å²) in [6, 6.07) is 0. The molecule has 1 heterocycles. The average molecular weight is 157 g/mol. The molecule has 11 heavy (non-hydrogen) atoms. The maximum Gasteiger partial charge on any atom is 0.109 e. The minimum Gasteiger partial charge on any atom is -1.00 e. The maximum atomic E-state index is 2.23. The van der Waals surface area contributed by atoms with Gasteiger partial charge in [0.2, 0.25) is 0 Å². The Bertz CT molecular complexity index is 161. The van der Waals surface area contributed by atoms with Gasteiger partial charge >= 0.3 is 0 Å². The van der Waals surface area contributed by atoms with Gasteiger partial charge in [-0.2, -0.15) is 0 Å². The van der Waals surface area contributed by atoms with Crippen molar-refractivity contribution in [3.05, 3.63) is 24.0 Å². The quantitative estimate of drug-likeness (QED) is 0.488. The van der Waals surface area contributed by atoms with Crippen LogP contribution in [-0.4, -0.2) is 6.54 Å². The smallest absolute Gasteiger partial charge is 0.109 e. The molecule has 2 heteroatoms. The molecule has 0 fully saturated rings. The first-order valence-corrected chi connectivity index (χ1v) is 4.05. The molecule has 1 aliphatic heterocycles. The first kappa shape index (κ1) is 10.4. The van der Waals surface area contributed by atoms with Crippen molar-refractivity contribution in [2.75, 3.05) is 6.54 Å². The highest BCUT2D eigenvalue weighted by molar-refractivity contribution is 5.08. The van der Waals surface area contributed by atoms with Crippen LogP contribution in [0.25, 0.3) is 0 Å². The molecule has 0 amide bonds. The number of quaternary nitrogens is 1. The van der Waals surface area contributed by atoms with Crippen molar-refractivity contribution >= 4 is 0 Å². The van der Waals surface area contributed by atoms with Crippen LogP contribution in [0, 0.1) is 0 Å². The van der Waals surface area contributed by atoms with Gasteiger partial charge in [-0.05, 0) is 18.6 Å². The molecule has 0 spiro atoms. The number of hydrogen-bond acceptors (Lipinski definition) is 0. The fourth-order valence-corrected chi connectivity index (χ4v) is 1.19. The van der Waals surface area contributed by atoms with Gasteiger partial charge < -0.3 is 4.70 Å². The van der Waals surface area contributed by atoms with E-state index in [1.165, 1.54) is 30.0 Å². The first-order chi connectivity index (χ1) is 4.84. The number of hydrogen-bond donors (Lipinski definition) is 1. The van der Waals surface area contributed by atoms with Gasteiger partial charge in [0.15, 0.2) is 0 Å². The zero-order valence-electron chi connectivity index (χ0n) is 7.23. The molecule has 0 aromatic rings. The molecule has 0 radical (unpaired) electrons. The Morgan fingerprint density at radius 1 is 1.45 bits per heavy atom. The minimum atomic E-state index is 0. The topological polar surface area (TPSA) is 4.44 Å². The zero-order valence-corrected chi connectivity index (χ0v) is 7.23. The van der Waals surface area contributed by atoms with E-state index >= 15 is 0 Å². The van der Waals surface area contributed by atoms with E-state index in [0.29, 0.717) is 0 Å². The normalized spacial score (nSPS) is 21.3. The number of allylic oxidation sites excluding steroid dienone is 3. The molecule has 0 aromatic carbocycles. The van der Waals surface area contributed by atoms with Crippen LogP contribution in [0.15, 0.2) is 24.0 Å². The van der Waals surface area contributed by atoms with Crippen LogP contribution in [-0.2, 0) is 0 Å². The molecule has 1 atom stereocenters. The second kappa shape index (κ2) is 5.08. The Balaban J connectivity index is 0.000001000. The number of halogens is 1. The predicted octanol–water partition coefficient (Wildman–Crippen LogP) is -1.89. The summed E-state index contributed by atoms with van der Waals surface area (Å²) >= 11 is 0. The zero-order chi connectivity index (χ0) is 7.40. The van der Waals surface area contributed by atoms with E-state index < -0.39 is 0 Å². The second-order valence-electron chi connectivity index (χ2n) is 2.84. The summed E-state index contributed by atoms with van der Waals surface area (Å²) in [6.07, 6.45) is 9.17. The van der Waals surface area contributed by atoms with Crippen molar-refractivity contribution in [1.82, 2.24) is 0 Å². The third kappa shape index (κ3) is 2.85. The molecule has 64 valence electrons. The van der Waals surface area contributed by atoms with Crippen LogP contribution in [0.5, 0.6) is 0 Å². The van der Waals surface area contributed by atoms with Crippen molar-refractivity contribution < 1.29 is 9.60 Å². The van der Waals surface area contributed by atoms with Gasteiger partial charge in [-0.3, -0.25) is 4.90 Å². The van der Waals surface area contributed by atoms with Crippen LogP contribution >= 0.6 is 0 Å². The van der Waals surface area contributed by atoms with E-state index in [9.17, 15) is 0 Å². The molecule has 1 N–H and O–H groups in total. The fraction of sp³-hybridized carbons (Fsp3) is 0.556. The Kier molecular flexibility index (Phi) is 4.79. The first-order valence-electron chi connectivity index (χ1n) is 4.05. The van der Waals surface area contributed by atoms with Crippen molar-refractivity contribution in [2.45, 2.75) is 26.7 Å². The summed E-state index contributed by atoms with van der Waals surface area (Å²) in [5.41, 5.74) is 1.45. The largest absolute Gasteiger partial charge is 1.00 e. The van der Waals surface area contributed by atoms with E-state index in [0.717, 1.165) is 0 Å². The lowest BCUT2D eigenvalue weighted by Crippen LogP contribution is -3.04. The van der Waals surface area contributed by atoms with Crippen LogP contribution in [0.3, 0.4) is 0 Å². The third-order valence-electron chi connectivity index (χ3n) is 1.95. The second-order valence-corrected chi connectivity index (χ2v) is 2.84. The van der Waals surface area contributed by atoms with E-state index in [2.05, 4.69) is 32.2 Å². The van der Waals surface area contributed by atoms with E-state index in [1.54, 1.807) is 0 Å². The molecule has 0 aliphatic carbocycles. The van der Waals surface area contributed by atoms with Gasteiger partial charge in [0.25, 0.3) is 0 Å². The van der Waals surface area contributed by atoms with Crippen LogP contribution in [0.2, 0.25) is 0 Å². The van der Waals surface area contributed by atoms with E-state index in [-0.39, 0.29) is 4.70 Å². The van der Waals surface area contributed by atoms with Gasteiger partial charge in [0.1, 0.15) is 5.70 Å². The highest BCUT2D eigenvalue weighted by atomic mass is 19.0. The van der Waals surface area contributed by atoms with Crippen molar-refractivity contribution in [2.24, 2.45) is 0 Å². The monoisotopic (exact) mass is 157 g/mol. The van der Waals surface area contributed by atoms with Crippen molar-refractivity contribution in [1.29, 1.82) is 0 Å². The lowest BCUT2D eigenvalue weighted by atomic mass is 10.3. The highest BCUT2D eigenvalue weighted by Crippen LogP contribution is 1.90. The van der Waals surface area contributed by atoms with E-state index in [4.69, 9.17) is 0 Å². The molecule has 0 saturated carbocycles. The van der Waals surface area contributed by atoms with Gasteiger partial charge in [-0.15, -0.1) is 0 Å². The summed E-state index contributed by atoms with van der Waals surface area (Å²) in [7, 11) is 0. The molecular formula is C9H16FN. The summed E-state index contributed by atoms with van der Waals surface area (Å²) in [6.45, 7) is 5.68. The van der Waals surface area contributed by atoms with Gasteiger partial charge in [0.05, 0.1) is 12.7 Å². The number of unbranched alkanes of at least 4 members (excludes halogenated alkanes) is 1. The molecule has 0 bridgehead atoms. The summed E-state index contributed by atoms with van der Waals surface area (Å²) < 4.78 is 0. The van der Waals surface area contributed by atoms with Crippen LogP contribution < -0.4 is 9.60 Å². The Morgan fingerprint density at radius 2 is 2.18 bits per heavy atom. The fourth-order valence-electron chi connectivity index (χ4n) is 1.19. The van der Waals surface area contributed by atoms with Crippen LogP contribution in [0.4, 0.5) is 0 Å². The Labute approximate surface area is 67.8 Å². The summed E-state index contributed by atoms with van der Waals surface area (Å²) in [4.78, 5) is 1.53. The third-order valence-corrected chi connectivity index (χ3v) is 1.95. The SMILES string of the molecule is CCCC[NH+]1C=CC=C1C.[F-]. The average Bonchev–Trinajstić information content (AvgIpc) is 2.31. The lowest BCUT2D eigenvalue weighted by Gasteiger charge is -2.09. The summed E-state index contributed by atoms with van der Waals surface area (Å²) in [5, 5.41) is 0. The molecule has 1 rings (SSSR count). The van der Waals surface area contributed by atoms with Crippen molar-refractivity contribution in [3.63, 3.8) is 0 Å². The molecular weight excluding hydrogens is 141 g/mol. The van der Waals surface area contributed by atoms with Crippen molar-refractivity contribution in [3.8, 4) is 0 Å². The Hall–Kier alpha value is -0.630. The minimum absolute atomic E-state index is 0. The number of rotatable bonds is 3. The van der Waals surface area contributed by atoms with Gasteiger partial charge in [0, 0.05) is 6.92 Å².